The maximum atomic E-state index is 5.46. The normalized spacial score (nSPS) is 9.54. The van der Waals surface area contributed by atoms with Gasteiger partial charge in [0.2, 0.25) is 5.58 Å². The van der Waals surface area contributed by atoms with E-state index >= 15 is 0 Å². The summed E-state index contributed by atoms with van der Waals surface area (Å²) >= 11 is 0. The Labute approximate surface area is 78.8 Å². The van der Waals surface area contributed by atoms with Crippen molar-refractivity contribution >= 4 is 11.1 Å². The molecule has 1 aromatic carbocycles. The average Bonchev–Trinajstić information content (AvgIpc) is 2.47. The van der Waals surface area contributed by atoms with Crippen molar-refractivity contribution in [2.24, 2.45) is 7.05 Å². The van der Waals surface area contributed by atoms with Gasteiger partial charge in [0, 0.05) is 6.07 Å². The van der Waals surface area contributed by atoms with Crippen LogP contribution in [-0.2, 0) is 7.05 Å². The van der Waals surface area contributed by atoms with Gasteiger partial charge in [-0.25, -0.2) is 0 Å². The van der Waals surface area contributed by atoms with E-state index in [9.17, 15) is 0 Å². The van der Waals surface area contributed by atoms with Crippen LogP contribution in [0.2, 0.25) is 0 Å². The molecule has 0 N–H and O–H groups in total. The van der Waals surface area contributed by atoms with Gasteiger partial charge in [-0.15, -0.1) is 0 Å². The van der Waals surface area contributed by atoms with Crippen LogP contribution in [0.1, 0.15) is 19.7 Å². The summed E-state index contributed by atoms with van der Waals surface area (Å²) in [4.78, 5) is 0. The number of hydrogen-bond acceptors (Lipinski definition) is 1. The number of hydrogen-bond donors (Lipinski definition) is 0. The predicted molar refractivity (Wildman–Crippen MR) is 53.5 cm³/mol. The number of aromatic nitrogens is 1. The SMILES string of the molecule is CC.Cc1oc2ccccc2[n+]1C. The van der Waals surface area contributed by atoms with Gasteiger partial charge in [0.25, 0.3) is 5.52 Å². The second kappa shape index (κ2) is 4.08. The van der Waals surface area contributed by atoms with E-state index in [0.29, 0.717) is 0 Å². The lowest BCUT2D eigenvalue weighted by Crippen LogP contribution is -2.28. The number of rotatable bonds is 0. The summed E-state index contributed by atoms with van der Waals surface area (Å²) in [7, 11) is 2.00. The monoisotopic (exact) mass is 178 g/mol. The zero-order valence-electron chi connectivity index (χ0n) is 8.66. The van der Waals surface area contributed by atoms with Crippen LogP contribution in [0.4, 0.5) is 0 Å². The Hall–Kier alpha value is -1.31. The zero-order chi connectivity index (χ0) is 9.84. The molecule has 0 unspecified atom stereocenters. The minimum atomic E-state index is 0.936. The zero-order valence-corrected chi connectivity index (χ0v) is 8.66. The van der Waals surface area contributed by atoms with Gasteiger partial charge in [0.05, 0.1) is 6.92 Å². The molecule has 0 aliphatic rings. The van der Waals surface area contributed by atoms with E-state index in [-0.39, 0.29) is 0 Å². The molecule has 1 heterocycles. The van der Waals surface area contributed by atoms with Crippen molar-refractivity contribution in [2.75, 3.05) is 0 Å². The Morgan fingerprint density at radius 3 is 2.38 bits per heavy atom. The largest absolute Gasteiger partial charge is 0.402 e. The van der Waals surface area contributed by atoms with Crippen molar-refractivity contribution in [3.63, 3.8) is 0 Å². The molecule has 0 saturated heterocycles. The molecular weight excluding hydrogens is 162 g/mol. The minimum absolute atomic E-state index is 0.936. The van der Waals surface area contributed by atoms with E-state index in [4.69, 9.17) is 4.42 Å². The number of fused-ring (bicyclic) bond motifs is 1. The second-order valence-electron chi connectivity index (χ2n) is 2.65. The van der Waals surface area contributed by atoms with Crippen molar-refractivity contribution in [3.8, 4) is 0 Å². The molecule has 70 valence electrons. The van der Waals surface area contributed by atoms with Gasteiger partial charge in [0.15, 0.2) is 0 Å². The first-order chi connectivity index (χ1) is 6.29. The number of aryl methyl sites for hydroxylation is 2. The molecule has 0 spiro atoms. The molecule has 0 bridgehead atoms. The van der Waals surface area contributed by atoms with Crippen LogP contribution < -0.4 is 4.57 Å². The van der Waals surface area contributed by atoms with Crippen molar-refractivity contribution in [1.82, 2.24) is 0 Å². The molecule has 0 atom stereocenters. The smallest absolute Gasteiger partial charge is 0.344 e. The molecule has 13 heavy (non-hydrogen) atoms. The van der Waals surface area contributed by atoms with E-state index in [0.717, 1.165) is 17.0 Å². The summed E-state index contributed by atoms with van der Waals surface area (Å²) in [5, 5.41) is 0. The van der Waals surface area contributed by atoms with Crippen LogP contribution in [0.5, 0.6) is 0 Å². The van der Waals surface area contributed by atoms with Crippen molar-refractivity contribution in [3.05, 3.63) is 30.2 Å². The van der Waals surface area contributed by atoms with E-state index in [1.54, 1.807) is 0 Å². The van der Waals surface area contributed by atoms with Gasteiger partial charge in [-0.3, -0.25) is 0 Å². The molecule has 0 radical (unpaired) electrons. The van der Waals surface area contributed by atoms with Crippen LogP contribution >= 0.6 is 0 Å². The Morgan fingerprint density at radius 2 is 1.77 bits per heavy atom. The lowest BCUT2D eigenvalue weighted by atomic mass is 10.3. The quantitative estimate of drug-likeness (QED) is 0.567. The standard InChI is InChI=1S/C9H10NO.C2H6/c1-7-10(2)8-5-3-4-6-9(8)11-7;1-2/h3-6H,1-2H3;1-2H3/q+1;. The Bertz CT molecular complexity index is 390. The summed E-state index contributed by atoms with van der Waals surface area (Å²) in [6.45, 7) is 5.96. The molecule has 2 heteroatoms. The van der Waals surface area contributed by atoms with Crippen molar-refractivity contribution in [2.45, 2.75) is 20.8 Å². The van der Waals surface area contributed by atoms with E-state index in [1.807, 2.05) is 56.7 Å². The predicted octanol–water partition coefficient (Wildman–Crippen LogP) is 2.59. The summed E-state index contributed by atoms with van der Waals surface area (Å²) in [6.07, 6.45) is 0. The van der Waals surface area contributed by atoms with Crippen molar-refractivity contribution < 1.29 is 8.98 Å². The molecule has 0 aliphatic carbocycles. The van der Waals surface area contributed by atoms with Gasteiger partial charge < -0.3 is 4.42 Å². The van der Waals surface area contributed by atoms with Crippen molar-refractivity contribution in [1.29, 1.82) is 0 Å². The summed E-state index contributed by atoms with van der Waals surface area (Å²) in [6, 6.07) is 8.01. The first kappa shape index (κ1) is 9.78. The highest BCUT2D eigenvalue weighted by Crippen LogP contribution is 2.10. The van der Waals surface area contributed by atoms with Gasteiger partial charge in [-0.2, -0.15) is 4.57 Å². The van der Waals surface area contributed by atoms with Crippen LogP contribution in [0, 0.1) is 6.92 Å². The van der Waals surface area contributed by atoms with Crippen LogP contribution in [0.3, 0.4) is 0 Å². The molecule has 2 aromatic rings. The maximum absolute atomic E-state index is 5.46. The number of oxazole rings is 1. The van der Waals surface area contributed by atoms with Crippen LogP contribution in [-0.4, -0.2) is 0 Å². The first-order valence-corrected chi connectivity index (χ1v) is 4.63. The maximum Gasteiger partial charge on any atom is 0.344 e. The van der Waals surface area contributed by atoms with E-state index in [2.05, 4.69) is 0 Å². The highest BCUT2D eigenvalue weighted by molar-refractivity contribution is 5.68. The van der Waals surface area contributed by atoms with Crippen LogP contribution in [0.25, 0.3) is 11.1 Å². The molecular formula is C11H16NO+. The lowest BCUT2D eigenvalue weighted by molar-refractivity contribution is -0.657. The third kappa shape index (κ3) is 1.72. The fourth-order valence-corrected chi connectivity index (χ4v) is 1.22. The average molecular weight is 178 g/mol. The molecule has 1 aromatic heterocycles. The third-order valence-electron chi connectivity index (χ3n) is 1.96. The van der Waals surface area contributed by atoms with Gasteiger partial charge >= 0.3 is 5.89 Å². The number of para-hydroxylation sites is 2. The Balaban J connectivity index is 0.000000396. The highest BCUT2D eigenvalue weighted by Gasteiger charge is 2.12. The summed E-state index contributed by atoms with van der Waals surface area (Å²) in [5.41, 5.74) is 2.09. The number of benzene rings is 1. The van der Waals surface area contributed by atoms with E-state index in [1.165, 1.54) is 0 Å². The van der Waals surface area contributed by atoms with Gasteiger partial charge in [-0.05, 0) is 6.07 Å². The Kier molecular flexibility index (Phi) is 3.07. The second-order valence-corrected chi connectivity index (χ2v) is 2.65. The molecule has 0 saturated carbocycles. The first-order valence-electron chi connectivity index (χ1n) is 4.63. The topological polar surface area (TPSA) is 17.0 Å². The summed E-state index contributed by atoms with van der Waals surface area (Å²) < 4.78 is 7.50. The highest BCUT2D eigenvalue weighted by atomic mass is 16.3. The molecule has 0 aliphatic heterocycles. The minimum Gasteiger partial charge on any atom is -0.402 e. The van der Waals surface area contributed by atoms with E-state index < -0.39 is 0 Å². The fourth-order valence-electron chi connectivity index (χ4n) is 1.22. The number of nitrogens with zero attached hydrogens (tertiary/aromatic N) is 1. The van der Waals surface area contributed by atoms with Crippen LogP contribution in [0.15, 0.2) is 28.7 Å². The third-order valence-corrected chi connectivity index (χ3v) is 1.96. The lowest BCUT2D eigenvalue weighted by Gasteiger charge is -1.79. The molecule has 2 rings (SSSR count). The molecule has 2 nitrogen and oxygen atoms in total. The Morgan fingerprint density at radius 1 is 1.15 bits per heavy atom. The fraction of sp³-hybridized carbons (Fsp3) is 0.364. The molecule has 0 amide bonds. The summed E-state index contributed by atoms with van der Waals surface area (Å²) in [5.74, 6) is 0.936. The molecule has 0 fully saturated rings. The van der Waals surface area contributed by atoms with Gasteiger partial charge in [-0.1, -0.05) is 26.0 Å². The van der Waals surface area contributed by atoms with Gasteiger partial charge in [0.1, 0.15) is 7.05 Å².